The summed E-state index contributed by atoms with van der Waals surface area (Å²) in [6.45, 7) is 24.4. The number of ether oxygens (including phenoxy) is 4. The molecule has 0 spiro atoms. The number of rotatable bonds is 6. The number of hydrogen-bond acceptors (Lipinski definition) is 12. The van der Waals surface area contributed by atoms with Crippen LogP contribution in [0.25, 0.3) is 4.85 Å². The SMILES string of the molecule is CC#N.CC#N.CCO.COc1cc(C)ccc1Cl.COc1cc(C)ccc1Cl.COc1cc(CBr)ccc1Cl.Cc1ccc(Cl)c(O)c1.Cc1ccc(Cl)c(O)c1.[B]=NS.[C-]#N.[C-]#[N+]Cc1ccc(Cl)c(OC)c1.[Na+]. The van der Waals surface area contributed by atoms with E-state index in [9.17, 15) is 0 Å². The van der Waals surface area contributed by atoms with Crippen molar-refractivity contribution in [3.8, 4) is 46.6 Å². The van der Waals surface area contributed by atoms with Crippen LogP contribution in [0.1, 0.15) is 54.2 Å². The van der Waals surface area contributed by atoms with Gasteiger partial charge >= 0.3 is 54.3 Å². The van der Waals surface area contributed by atoms with Crippen LogP contribution in [-0.2, 0) is 11.9 Å². The number of aliphatic hydroxyl groups excluding tert-OH is 1. The van der Waals surface area contributed by atoms with E-state index in [-0.39, 0.29) is 47.7 Å². The molecule has 1 radical (unpaired) electrons. The fourth-order valence-corrected chi connectivity index (χ4v) is 5.82. The van der Waals surface area contributed by atoms with E-state index in [1.807, 2.05) is 100 Å². The molecule has 76 heavy (non-hydrogen) atoms. The van der Waals surface area contributed by atoms with Gasteiger partial charge in [0.25, 0.3) is 0 Å². The Kier molecular flexibility index (Phi) is 60.2. The van der Waals surface area contributed by atoms with E-state index in [4.69, 9.17) is 133 Å². The number of nitriles is 2. The molecular formula is C54H61BBrCl6N5NaO7S. The van der Waals surface area contributed by atoms with Gasteiger partial charge in [-0.25, -0.2) is 6.57 Å². The fourth-order valence-electron chi connectivity index (χ4n) is 4.46. The van der Waals surface area contributed by atoms with E-state index in [2.05, 4.69) is 45.5 Å². The molecule has 0 amide bonds. The Balaban J connectivity index is -0.000000184. The fraction of sp³-hybridized carbons (Fsp3) is 0.259. The summed E-state index contributed by atoms with van der Waals surface area (Å²) in [4.78, 5) is 3.26. The third-order valence-electron chi connectivity index (χ3n) is 7.66. The number of phenolic OH excluding ortho intramolecular Hbond substituents is 2. The Morgan fingerprint density at radius 1 is 0.566 bits per heavy atom. The van der Waals surface area contributed by atoms with Crippen LogP contribution in [0.4, 0.5) is 0 Å². The Labute approximate surface area is 517 Å². The number of halogens is 7. The molecule has 403 valence electrons. The summed E-state index contributed by atoms with van der Waals surface area (Å²) in [6.07, 6.45) is 0. The molecule has 0 unspecified atom stereocenters. The topological polar surface area (TPSA) is 186 Å². The quantitative estimate of drug-likeness (QED) is 0.0541. The zero-order valence-corrected chi connectivity index (χ0v) is 53.4. The maximum absolute atomic E-state index is 8.97. The average Bonchev–Trinajstić information content (AvgIpc) is 3.39. The van der Waals surface area contributed by atoms with Crippen LogP contribution in [0.15, 0.2) is 113 Å². The Bertz CT molecular complexity index is 2550. The third-order valence-corrected chi connectivity index (χ3v) is 10.2. The first-order valence-corrected chi connectivity index (χ1v) is 24.9. The molecule has 0 heterocycles. The molecule has 0 fully saturated rings. The van der Waals surface area contributed by atoms with Crippen LogP contribution in [0.2, 0.25) is 30.1 Å². The zero-order valence-electron chi connectivity index (χ0n) is 44.4. The Morgan fingerprint density at radius 2 is 0.789 bits per heavy atom. The molecule has 0 aliphatic heterocycles. The van der Waals surface area contributed by atoms with Gasteiger partial charge < -0.3 is 50.9 Å². The molecule has 6 aromatic carbocycles. The van der Waals surface area contributed by atoms with Crippen LogP contribution < -0.4 is 48.5 Å². The molecule has 0 aromatic heterocycles. The number of aliphatic hydroxyl groups is 1. The normalized spacial score (nSPS) is 8.24. The molecule has 0 aliphatic rings. The van der Waals surface area contributed by atoms with Crippen LogP contribution in [0.5, 0.6) is 34.5 Å². The van der Waals surface area contributed by atoms with Crippen LogP contribution >= 0.6 is 98.4 Å². The van der Waals surface area contributed by atoms with E-state index < -0.39 is 0 Å². The van der Waals surface area contributed by atoms with Gasteiger partial charge in [0.05, 0.1) is 70.7 Å². The summed E-state index contributed by atoms with van der Waals surface area (Å²) in [5.74, 6) is 3.12. The smallest absolute Gasteiger partial charge is 0.512 e. The molecule has 3 N–H and O–H groups in total. The van der Waals surface area contributed by atoms with Gasteiger partial charge in [0.1, 0.15) is 34.5 Å². The van der Waals surface area contributed by atoms with Crippen LogP contribution in [0.3, 0.4) is 0 Å². The summed E-state index contributed by atoms with van der Waals surface area (Å²) >= 11 is 40.7. The number of nitrogens with zero attached hydrogens (tertiary/aromatic N) is 5. The molecule has 0 saturated carbocycles. The van der Waals surface area contributed by atoms with Crippen molar-refractivity contribution < 1.29 is 63.8 Å². The molecule has 22 heteroatoms. The predicted octanol–water partition coefficient (Wildman–Crippen LogP) is 14.4. The standard InChI is InChI=1S/C9H8ClNO.C8H8BrClO.2C8H9ClO.2C7H7ClO.2C2H3N.C2H6O.CN.BHNS.Na/c1-11-6-7-3-4-8(10)9(5-7)12-2;1-11-8-4-6(5-9)2-3-7(8)10;2*1-6-3-4-7(9)8(5-6)10-2;2*1-5-2-3-6(8)7(9)4-5;3*1-2-3;1-2;1-2-3;/h3-5H,6H2,2H3;2-4H,5H2,1H3;2*3-5H,1-2H3;2*2-4,9H,1H3;2*1H3;3H,2H2,1H3;;3H;/q;;;;;;;;;-1;;+1. The average molecular weight is 1250 g/mol. The van der Waals surface area contributed by atoms with Crippen molar-refractivity contribution in [2.75, 3.05) is 35.0 Å². The summed E-state index contributed by atoms with van der Waals surface area (Å²) in [6, 6.07) is 36.2. The second-order valence-electron chi connectivity index (χ2n) is 13.5. The number of alkyl halides is 1. The summed E-state index contributed by atoms with van der Waals surface area (Å²) in [7, 11) is 10.7. The largest absolute Gasteiger partial charge is 1.00 e. The number of phenols is 2. The van der Waals surface area contributed by atoms with Gasteiger partial charge in [-0.3, -0.25) is 0 Å². The first-order valence-electron chi connectivity index (χ1n) is 21.1. The molecule has 6 rings (SSSR count). The van der Waals surface area contributed by atoms with Crippen molar-refractivity contribution in [1.29, 1.82) is 15.8 Å². The predicted molar refractivity (Wildman–Crippen MR) is 318 cm³/mol. The van der Waals surface area contributed by atoms with E-state index in [0.717, 1.165) is 56.0 Å². The maximum atomic E-state index is 8.97. The van der Waals surface area contributed by atoms with Gasteiger partial charge in [-0.1, -0.05) is 116 Å². The number of benzene rings is 6. The second kappa shape index (κ2) is 55.2. The minimum absolute atomic E-state index is 0. The number of aromatic hydroxyl groups is 2. The molecule has 0 aliphatic carbocycles. The number of thiol groups is 1. The van der Waals surface area contributed by atoms with Crippen LogP contribution in [-0.4, -0.2) is 58.0 Å². The van der Waals surface area contributed by atoms with E-state index in [0.29, 0.717) is 42.4 Å². The Hall–Kier alpha value is -4.53. The van der Waals surface area contributed by atoms with Gasteiger partial charge in [0.15, 0.2) is 0 Å². The molecule has 0 atom stereocenters. The minimum Gasteiger partial charge on any atom is -0.512 e. The van der Waals surface area contributed by atoms with Crippen molar-refractivity contribution in [2.45, 2.75) is 60.3 Å². The van der Waals surface area contributed by atoms with Gasteiger partial charge in [0.2, 0.25) is 6.54 Å². The first kappa shape index (κ1) is 82.8. The van der Waals surface area contributed by atoms with Gasteiger partial charge in [0, 0.05) is 31.3 Å². The van der Waals surface area contributed by atoms with Crippen molar-refractivity contribution >= 4 is 106 Å². The zero-order chi connectivity index (χ0) is 58.9. The minimum atomic E-state index is 0. The molecule has 12 nitrogen and oxygen atoms in total. The Morgan fingerprint density at radius 3 is 1.01 bits per heavy atom. The van der Waals surface area contributed by atoms with Crippen molar-refractivity contribution in [3.63, 3.8) is 0 Å². The van der Waals surface area contributed by atoms with Crippen molar-refractivity contribution in [1.82, 2.24) is 0 Å². The van der Waals surface area contributed by atoms with Gasteiger partial charge in [-0.05, 0) is 141 Å². The van der Waals surface area contributed by atoms with Gasteiger partial charge in [-0.2, -0.15) is 10.5 Å². The molecule has 0 bridgehead atoms. The monoisotopic (exact) mass is 1250 g/mol. The number of aryl methyl sites for hydroxylation is 4. The summed E-state index contributed by atoms with van der Waals surface area (Å²) in [5, 5.41) is 50.6. The summed E-state index contributed by atoms with van der Waals surface area (Å²) < 4.78 is 22.7. The van der Waals surface area contributed by atoms with E-state index in [1.165, 1.54) is 13.8 Å². The van der Waals surface area contributed by atoms with Crippen molar-refractivity contribution in [3.05, 3.63) is 191 Å². The molecule has 6 aromatic rings. The second-order valence-corrected chi connectivity index (χ2v) is 16.7. The van der Waals surface area contributed by atoms with E-state index >= 15 is 0 Å². The molecule has 0 saturated heterocycles. The summed E-state index contributed by atoms with van der Waals surface area (Å²) in [5.41, 5.74) is 6.41. The molecular weight excluding hydrogens is 1190 g/mol. The third kappa shape index (κ3) is 43.6. The van der Waals surface area contributed by atoms with Crippen molar-refractivity contribution in [2.24, 2.45) is 4.30 Å². The number of methoxy groups -OCH3 is 4. The van der Waals surface area contributed by atoms with Gasteiger partial charge in [-0.15, -0.1) is 0 Å². The van der Waals surface area contributed by atoms with E-state index in [1.54, 1.807) is 83.9 Å². The first-order chi connectivity index (χ1) is 35.6. The maximum Gasteiger partial charge on any atom is 1.00 e. The number of hydrogen-bond donors (Lipinski definition) is 4. The van der Waals surface area contributed by atoms with Crippen LogP contribution in [0, 0.1) is 68.8 Å².